The fraction of sp³-hybridized carbons (Fsp3) is 0.833. The first-order valence-electron chi connectivity index (χ1n) is 3.88. The normalized spacial score (nSPS) is 18.2. The van der Waals surface area contributed by atoms with E-state index in [1.807, 2.05) is 0 Å². The summed E-state index contributed by atoms with van der Waals surface area (Å²) in [6.07, 6.45) is 3.92. The minimum atomic E-state index is 0.428. The topological polar surface area (TPSA) is 69.6 Å². The fourth-order valence-electron chi connectivity index (χ4n) is 1.26. The van der Waals surface area contributed by atoms with E-state index in [0.29, 0.717) is 5.95 Å². The largest absolute Gasteiger partial charge is 0.367 e. The van der Waals surface area contributed by atoms with E-state index in [1.165, 1.54) is 19.3 Å². The van der Waals surface area contributed by atoms with Crippen molar-refractivity contribution in [1.29, 1.82) is 0 Å². The SMILES string of the molecule is Nc1nnnn1CC1CCC1. The van der Waals surface area contributed by atoms with Gasteiger partial charge in [0.2, 0.25) is 5.95 Å². The van der Waals surface area contributed by atoms with E-state index < -0.39 is 0 Å². The van der Waals surface area contributed by atoms with Gasteiger partial charge in [0.15, 0.2) is 0 Å². The molecule has 1 heterocycles. The number of nitrogens with two attached hydrogens (primary N) is 1. The lowest BCUT2D eigenvalue weighted by Crippen LogP contribution is -2.19. The Morgan fingerprint density at radius 2 is 2.36 bits per heavy atom. The van der Waals surface area contributed by atoms with Crippen molar-refractivity contribution in [3.05, 3.63) is 0 Å². The lowest BCUT2D eigenvalue weighted by molar-refractivity contribution is 0.266. The van der Waals surface area contributed by atoms with Gasteiger partial charge in [0.1, 0.15) is 0 Å². The monoisotopic (exact) mass is 153 g/mol. The van der Waals surface area contributed by atoms with Crippen LogP contribution in [-0.2, 0) is 6.54 Å². The Morgan fingerprint density at radius 3 is 2.82 bits per heavy atom. The van der Waals surface area contributed by atoms with Crippen molar-refractivity contribution in [3.63, 3.8) is 0 Å². The highest BCUT2D eigenvalue weighted by Gasteiger charge is 2.19. The molecular formula is C6H11N5. The molecule has 0 aliphatic heterocycles. The van der Waals surface area contributed by atoms with Crippen LogP contribution in [0.25, 0.3) is 0 Å². The van der Waals surface area contributed by atoms with E-state index in [2.05, 4.69) is 15.5 Å². The number of anilines is 1. The second kappa shape index (κ2) is 2.48. The third kappa shape index (κ3) is 1.18. The van der Waals surface area contributed by atoms with Crippen molar-refractivity contribution in [2.45, 2.75) is 25.8 Å². The highest BCUT2D eigenvalue weighted by atomic mass is 15.6. The molecule has 0 aromatic carbocycles. The molecule has 0 radical (unpaired) electrons. The molecule has 2 N–H and O–H groups in total. The van der Waals surface area contributed by atoms with E-state index in [0.717, 1.165) is 12.5 Å². The second-order valence-electron chi connectivity index (χ2n) is 3.02. The summed E-state index contributed by atoms with van der Waals surface area (Å²) >= 11 is 0. The highest BCUT2D eigenvalue weighted by molar-refractivity contribution is 5.09. The molecular weight excluding hydrogens is 142 g/mol. The van der Waals surface area contributed by atoms with Crippen LogP contribution < -0.4 is 5.73 Å². The molecule has 60 valence electrons. The Morgan fingerprint density at radius 1 is 1.55 bits per heavy atom. The Kier molecular flexibility index (Phi) is 1.48. The lowest BCUT2D eigenvalue weighted by atomic mass is 9.85. The van der Waals surface area contributed by atoms with Crippen LogP contribution in [-0.4, -0.2) is 20.2 Å². The van der Waals surface area contributed by atoms with Gasteiger partial charge in [-0.25, -0.2) is 4.68 Å². The molecule has 0 unspecified atom stereocenters. The third-order valence-electron chi connectivity index (χ3n) is 2.22. The van der Waals surface area contributed by atoms with E-state index in [-0.39, 0.29) is 0 Å². The van der Waals surface area contributed by atoms with Crippen LogP contribution in [0.1, 0.15) is 19.3 Å². The van der Waals surface area contributed by atoms with Gasteiger partial charge < -0.3 is 5.73 Å². The first-order chi connectivity index (χ1) is 5.36. The smallest absolute Gasteiger partial charge is 0.240 e. The van der Waals surface area contributed by atoms with Gasteiger partial charge in [0, 0.05) is 6.54 Å². The maximum atomic E-state index is 5.49. The summed E-state index contributed by atoms with van der Waals surface area (Å²) in [7, 11) is 0. The molecule has 1 aromatic rings. The minimum absolute atomic E-state index is 0.428. The van der Waals surface area contributed by atoms with Crippen LogP contribution in [0.3, 0.4) is 0 Å². The van der Waals surface area contributed by atoms with Gasteiger partial charge in [-0.1, -0.05) is 11.5 Å². The maximum absolute atomic E-state index is 5.49. The van der Waals surface area contributed by atoms with Crippen LogP contribution in [0.4, 0.5) is 5.95 Å². The van der Waals surface area contributed by atoms with Crippen molar-refractivity contribution < 1.29 is 0 Å². The lowest BCUT2D eigenvalue weighted by Gasteiger charge is -2.24. The van der Waals surface area contributed by atoms with Crippen LogP contribution in [0.5, 0.6) is 0 Å². The summed E-state index contributed by atoms with van der Waals surface area (Å²) in [5.41, 5.74) is 5.49. The molecule has 0 atom stereocenters. The second-order valence-corrected chi connectivity index (χ2v) is 3.02. The zero-order chi connectivity index (χ0) is 7.68. The van der Waals surface area contributed by atoms with Crippen molar-refractivity contribution in [2.75, 3.05) is 5.73 Å². The molecule has 1 saturated carbocycles. The average molecular weight is 153 g/mol. The quantitative estimate of drug-likeness (QED) is 0.652. The summed E-state index contributed by atoms with van der Waals surface area (Å²) in [5, 5.41) is 10.8. The number of hydrogen-bond donors (Lipinski definition) is 1. The van der Waals surface area contributed by atoms with Gasteiger partial charge in [-0.15, -0.1) is 0 Å². The predicted molar refractivity (Wildman–Crippen MR) is 39.6 cm³/mol. The molecule has 1 aromatic heterocycles. The Balaban J connectivity index is 1.99. The number of nitrogen functional groups attached to an aromatic ring is 1. The van der Waals surface area contributed by atoms with Gasteiger partial charge >= 0.3 is 0 Å². The molecule has 2 rings (SSSR count). The van der Waals surface area contributed by atoms with Crippen molar-refractivity contribution in [3.8, 4) is 0 Å². The van der Waals surface area contributed by atoms with E-state index in [9.17, 15) is 0 Å². The molecule has 1 aliphatic rings. The molecule has 11 heavy (non-hydrogen) atoms. The van der Waals surface area contributed by atoms with Gasteiger partial charge in [0.05, 0.1) is 0 Å². The van der Waals surface area contributed by atoms with E-state index >= 15 is 0 Å². The van der Waals surface area contributed by atoms with E-state index in [1.54, 1.807) is 4.68 Å². The number of aromatic nitrogens is 4. The fourth-order valence-corrected chi connectivity index (χ4v) is 1.26. The summed E-state index contributed by atoms with van der Waals surface area (Å²) in [5.74, 6) is 1.18. The van der Waals surface area contributed by atoms with Crippen molar-refractivity contribution in [2.24, 2.45) is 5.92 Å². The van der Waals surface area contributed by atoms with Crippen molar-refractivity contribution >= 4 is 5.95 Å². The van der Waals surface area contributed by atoms with E-state index in [4.69, 9.17) is 5.73 Å². The Labute approximate surface area is 64.6 Å². The van der Waals surface area contributed by atoms with Gasteiger partial charge in [-0.05, 0) is 29.2 Å². The third-order valence-corrected chi connectivity index (χ3v) is 2.22. The van der Waals surface area contributed by atoms with Crippen LogP contribution in [0.15, 0.2) is 0 Å². The average Bonchev–Trinajstić information content (AvgIpc) is 2.27. The van der Waals surface area contributed by atoms with Crippen LogP contribution in [0, 0.1) is 5.92 Å². The predicted octanol–water partition coefficient (Wildman–Crippen LogP) is 0.0554. The number of hydrogen-bond acceptors (Lipinski definition) is 4. The summed E-state index contributed by atoms with van der Waals surface area (Å²) in [6.45, 7) is 0.888. The summed E-state index contributed by atoms with van der Waals surface area (Å²) in [6, 6.07) is 0. The first kappa shape index (κ1) is 6.57. The zero-order valence-electron chi connectivity index (χ0n) is 6.27. The molecule has 1 aliphatic carbocycles. The molecule has 5 nitrogen and oxygen atoms in total. The molecule has 0 spiro atoms. The standard InChI is InChI=1S/C6H11N5/c7-6-8-9-10-11(6)4-5-2-1-3-5/h5H,1-4H2,(H2,7,8,10). The molecule has 0 amide bonds. The number of nitrogens with zero attached hydrogens (tertiary/aromatic N) is 4. The van der Waals surface area contributed by atoms with Gasteiger partial charge in [-0.3, -0.25) is 0 Å². The Bertz CT molecular complexity index is 239. The summed E-state index contributed by atoms with van der Waals surface area (Å²) in [4.78, 5) is 0. The van der Waals surface area contributed by atoms with Crippen molar-refractivity contribution in [1.82, 2.24) is 20.2 Å². The zero-order valence-corrected chi connectivity index (χ0v) is 6.27. The maximum Gasteiger partial charge on any atom is 0.240 e. The first-order valence-corrected chi connectivity index (χ1v) is 3.88. The van der Waals surface area contributed by atoms with Gasteiger partial charge in [-0.2, -0.15) is 0 Å². The van der Waals surface area contributed by atoms with Crippen LogP contribution >= 0.6 is 0 Å². The van der Waals surface area contributed by atoms with Gasteiger partial charge in [0.25, 0.3) is 0 Å². The molecule has 1 fully saturated rings. The number of tetrazole rings is 1. The van der Waals surface area contributed by atoms with Crippen LogP contribution in [0.2, 0.25) is 0 Å². The molecule has 0 bridgehead atoms. The Hall–Kier alpha value is -1.13. The molecule has 0 saturated heterocycles. The highest BCUT2D eigenvalue weighted by Crippen LogP contribution is 2.27. The minimum Gasteiger partial charge on any atom is -0.367 e. The summed E-state index contributed by atoms with van der Waals surface area (Å²) < 4.78 is 1.67. The molecule has 5 heteroatoms. The number of rotatable bonds is 2.